The third-order valence-corrected chi connectivity index (χ3v) is 4.46. The lowest BCUT2D eigenvalue weighted by Crippen LogP contribution is -2.35. The Balaban J connectivity index is 1.86. The summed E-state index contributed by atoms with van der Waals surface area (Å²) in [7, 11) is 2.16. The van der Waals surface area contributed by atoms with E-state index in [1.807, 2.05) is 0 Å². The molecule has 16 heavy (non-hydrogen) atoms. The van der Waals surface area contributed by atoms with Gasteiger partial charge in [-0.2, -0.15) is 0 Å². The molecule has 0 radical (unpaired) electrons. The van der Waals surface area contributed by atoms with E-state index < -0.39 is 0 Å². The van der Waals surface area contributed by atoms with Gasteiger partial charge >= 0.3 is 0 Å². The van der Waals surface area contributed by atoms with E-state index in [1.165, 1.54) is 64.2 Å². The summed E-state index contributed by atoms with van der Waals surface area (Å²) in [5, 5.41) is 3.58. The molecule has 0 aliphatic heterocycles. The van der Waals surface area contributed by atoms with Crippen LogP contribution in [0.1, 0.15) is 64.2 Å². The lowest BCUT2D eigenvalue weighted by atomic mass is 9.80. The SMILES string of the molecule is CNC(CC1=CCCCC1)C1CCCCC1. The van der Waals surface area contributed by atoms with Gasteiger partial charge in [0.15, 0.2) is 0 Å². The highest BCUT2D eigenvalue weighted by molar-refractivity contribution is 5.07. The van der Waals surface area contributed by atoms with E-state index in [9.17, 15) is 0 Å². The van der Waals surface area contributed by atoms with Crippen molar-refractivity contribution in [3.8, 4) is 0 Å². The summed E-state index contributed by atoms with van der Waals surface area (Å²) in [6.45, 7) is 0. The van der Waals surface area contributed by atoms with Gasteiger partial charge in [-0.05, 0) is 57.9 Å². The molecule has 0 aromatic rings. The van der Waals surface area contributed by atoms with Gasteiger partial charge in [0.2, 0.25) is 0 Å². The van der Waals surface area contributed by atoms with Crippen molar-refractivity contribution in [2.24, 2.45) is 5.92 Å². The highest BCUT2D eigenvalue weighted by Crippen LogP contribution is 2.31. The predicted molar refractivity (Wildman–Crippen MR) is 70.6 cm³/mol. The van der Waals surface area contributed by atoms with E-state index in [-0.39, 0.29) is 0 Å². The Morgan fingerprint density at radius 2 is 2.00 bits per heavy atom. The van der Waals surface area contributed by atoms with Crippen molar-refractivity contribution < 1.29 is 0 Å². The van der Waals surface area contributed by atoms with Crippen molar-refractivity contribution in [3.63, 3.8) is 0 Å². The van der Waals surface area contributed by atoms with E-state index in [0.29, 0.717) is 0 Å². The molecule has 2 aliphatic carbocycles. The van der Waals surface area contributed by atoms with Crippen LogP contribution in [0.4, 0.5) is 0 Å². The molecule has 0 aromatic carbocycles. The fourth-order valence-electron chi connectivity index (χ4n) is 3.41. The van der Waals surface area contributed by atoms with Crippen LogP contribution >= 0.6 is 0 Å². The molecule has 1 atom stereocenters. The molecule has 1 N–H and O–H groups in total. The first kappa shape index (κ1) is 12.2. The quantitative estimate of drug-likeness (QED) is 0.706. The fraction of sp³-hybridized carbons (Fsp3) is 0.867. The van der Waals surface area contributed by atoms with Gasteiger partial charge in [0.05, 0.1) is 0 Å². The molecule has 1 unspecified atom stereocenters. The molecule has 2 aliphatic rings. The number of nitrogens with one attached hydrogen (secondary N) is 1. The minimum absolute atomic E-state index is 0.754. The van der Waals surface area contributed by atoms with Crippen molar-refractivity contribution in [3.05, 3.63) is 11.6 Å². The van der Waals surface area contributed by atoms with Crippen molar-refractivity contribution in [2.45, 2.75) is 70.3 Å². The molecule has 0 aromatic heterocycles. The van der Waals surface area contributed by atoms with Crippen LogP contribution in [0.5, 0.6) is 0 Å². The zero-order valence-corrected chi connectivity index (χ0v) is 10.8. The van der Waals surface area contributed by atoms with Gasteiger partial charge < -0.3 is 5.32 Å². The largest absolute Gasteiger partial charge is 0.316 e. The molecule has 2 rings (SSSR count). The van der Waals surface area contributed by atoms with Crippen LogP contribution in [0.25, 0.3) is 0 Å². The first-order valence-corrected chi connectivity index (χ1v) is 7.25. The number of allylic oxidation sites excluding steroid dienone is 1. The van der Waals surface area contributed by atoms with Crippen LogP contribution in [-0.2, 0) is 0 Å². The summed E-state index contributed by atoms with van der Waals surface area (Å²) < 4.78 is 0. The van der Waals surface area contributed by atoms with E-state index >= 15 is 0 Å². The maximum Gasteiger partial charge on any atom is 0.0129 e. The van der Waals surface area contributed by atoms with Gasteiger partial charge in [-0.1, -0.05) is 30.9 Å². The van der Waals surface area contributed by atoms with Gasteiger partial charge in [-0.15, -0.1) is 0 Å². The monoisotopic (exact) mass is 221 g/mol. The Kier molecular flexibility index (Phi) is 4.90. The smallest absolute Gasteiger partial charge is 0.0129 e. The minimum atomic E-state index is 0.754. The number of rotatable bonds is 4. The normalized spacial score (nSPS) is 25.2. The molecule has 1 heteroatoms. The van der Waals surface area contributed by atoms with Gasteiger partial charge in [0.25, 0.3) is 0 Å². The second-order valence-corrected chi connectivity index (χ2v) is 5.61. The van der Waals surface area contributed by atoms with Crippen molar-refractivity contribution in [1.29, 1.82) is 0 Å². The van der Waals surface area contributed by atoms with E-state index in [0.717, 1.165) is 12.0 Å². The second kappa shape index (κ2) is 6.44. The molecule has 0 spiro atoms. The molecular weight excluding hydrogens is 194 g/mol. The van der Waals surface area contributed by atoms with Crippen LogP contribution in [0, 0.1) is 5.92 Å². The second-order valence-electron chi connectivity index (χ2n) is 5.61. The van der Waals surface area contributed by atoms with Crippen LogP contribution in [-0.4, -0.2) is 13.1 Å². The molecule has 0 saturated heterocycles. The maximum atomic E-state index is 3.58. The first-order chi connectivity index (χ1) is 7.90. The lowest BCUT2D eigenvalue weighted by Gasteiger charge is -2.31. The maximum absolute atomic E-state index is 3.58. The van der Waals surface area contributed by atoms with Crippen LogP contribution in [0.15, 0.2) is 11.6 Å². The topological polar surface area (TPSA) is 12.0 Å². The molecular formula is C15H27N. The van der Waals surface area contributed by atoms with Crippen LogP contribution in [0.2, 0.25) is 0 Å². The number of hydrogen-bond acceptors (Lipinski definition) is 1. The highest BCUT2D eigenvalue weighted by Gasteiger charge is 2.23. The predicted octanol–water partition coefficient (Wildman–Crippen LogP) is 4.05. The Hall–Kier alpha value is -0.300. The summed E-state index contributed by atoms with van der Waals surface area (Å²) >= 11 is 0. The zero-order chi connectivity index (χ0) is 11.2. The molecule has 1 saturated carbocycles. The molecule has 1 fully saturated rings. The van der Waals surface area contributed by atoms with Crippen molar-refractivity contribution in [1.82, 2.24) is 5.32 Å². The van der Waals surface area contributed by atoms with E-state index in [4.69, 9.17) is 0 Å². The molecule has 0 bridgehead atoms. The lowest BCUT2D eigenvalue weighted by molar-refractivity contribution is 0.274. The fourth-order valence-corrected chi connectivity index (χ4v) is 3.41. The molecule has 92 valence electrons. The highest BCUT2D eigenvalue weighted by atomic mass is 14.9. The molecule has 0 heterocycles. The standard InChI is InChI=1S/C15H27N/c1-16-15(14-10-6-3-7-11-14)12-13-8-4-2-5-9-13/h8,14-16H,2-7,9-12H2,1H3. The minimum Gasteiger partial charge on any atom is -0.316 e. The Morgan fingerprint density at radius 3 is 2.62 bits per heavy atom. The Morgan fingerprint density at radius 1 is 1.19 bits per heavy atom. The molecule has 1 nitrogen and oxygen atoms in total. The van der Waals surface area contributed by atoms with E-state index in [1.54, 1.807) is 5.57 Å². The average molecular weight is 221 g/mol. The summed E-state index contributed by atoms with van der Waals surface area (Å²) in [6.07, 6.45) is 16.7. The Bertz CT molecular complexity index is 226. The number of hydrogen-bond donors (Lipinski definition) is 1. The molecule has 0 amide bonds. The van der Waals surface area contributed by atoms with Gasteiger partial charge in [0.1, 0.15) is 0 Å². The van der Waals surface area contributed by atoms with Crippen LogP contribution < -0.4 is 5.32 Å². The Labute approximate surface area is 101 Å². The third-order valence-electron chi connectivity index (χ3n) is 4.46. The third kappa shape index (κ3) is 3.35. The zero-order valence-electron chi connectivity index (χ0n) is 10.8. The van der Waals surface area contributed by atoms with Gasteiger partial charge in [0, 0.05) is 6.04 Å². The summed E-state index contributed by atoms with van der Waals surface area (Å²) in [4.78, 5) is 0. The van der Waals surface area contributed by atoms with Gasteiger partial charge in [-0.25, -0.2) is 0 Å². The van der Waals surface area contributed by atoms with Gasteiger partial charge in [-0.3, -0.25) is 0 Å². The van der Waals surface area contributed by atoms with Crippen LogP contribution in [0.3, 0.4) is 0 Å². The average Bonchev–Trinajstić information content (AvgIpc) is 2.38. The van der Waals surface area contributed by atoms with E-state index in [2.05, 4.69) is 18.4 Å². The first-order valence-electron chi connectivity index (χ1n) is 7.25. The van der Waals surface area contributed by atoms with Crippen molar-refractivity contribution >= 4 is 0 Å². The summed E-state index contributed by atoms with van der Waals surface area (Å²) in [5.41, 5.74) is 1.73. The summed E-state index contributed by atoms with van der Waals surface area (Å²) in [6, 6.07) is 0.754. The summed E-state index contributed by atoms with van der Waals surface area (Å²) in [5.74, 6) is 0.946. The van der Waals surface area contributed by atoms with Crippen molar-refractivity contribution in [2.75, 3.05) is 7.05 Å².